The summed E-state index contributed by atoms with van der Waals surface area (Å²) in [4.78, 5) is 19.7. The van der Waals surface area contributed by atoms with Gasteiger partial charge in [-0.25, -0.2) is 4.79 Å². The van der Waals surface area contributed by atoms with Gasteiger partial charge in [0.15, 0.2) is 0 Å². The van der Waals surface area contributed by atoms with Gasteiger partial charge in [-0.2, -0.15) is 13.2 Å². The lowest BCUT2D eigenvalue weighted by Gasteiger charge is -2.21. The van der Waals surface area contributed by atoms with Crippen LogP contribution in [0, 0.1) is 12.3 Å². The van der Waals surface area contributed by atoms with Crippen molar-refractivity contribution in [1.82, 2.24) is 4.98 Å². The van der Waals surface area contributed by atoms with Gasteiger partial charge in [0, 0.05) is 36.2 Å². The van der Waals surface area contributed by atoms with Crippen LogP contribution in [-0.2, 0) is 0 Å². The molecular weight excluding hydrogens is 347 g/mol. The number of amides is 2. The molecular formula is C17H16F3N5O. The molecule has 3 N–H and O–H groups in total. The summed E-state index contributed by atoms with van der Waals surface area (Å²) in [6, 6.07) is 5.25. The smallest absolute Gasteiger partial charge is 0.398 e. The van der Waals surface area contributed by atoms with Crippen LogP contribution in [0.5, 0.6) is 0 Å². The van der Waals surface area contributed by atoms with E-state index in [-0.39, 0.29) is 11.7 Å². The maximum atomic E-state index is 12.7. The molecule has 26 heavy (non-hydrogen) atoms. The Morgan fingerprint density at radius 3 is 2.54 bits per heavy atom. The van der Waals surface area contributed by atoms with Gasteiger partial charge in [0.25, 0.3) is 0 Å². The molecule has 0 unspecified atom stereocenters. The Morgan fingerprint density at radius 2 is 1.92 bits per heavy atom. The molecule has 0 bridgehead atoms. The van der Waals surface area contributed by atoms with E-state index in [0.29, 0.717) is 24.5 Å². The van der Waals surface area contributed by atoms with Crippen LogP contribution in [-0.4, -0.2) is 36.0 Å². The molecule has 2 heterocycles. The number of urea groups is 1. The molecule has 1 fully saturated rings. The van der Waals surface area contributed by atoms with E-state index in [4.69, 9.17) is 11.1 Å². The number of carbonyl (C=O) groups excluding carboxylic acids is 1. The maximum absolute atomic E-state index is 12.7. The first-order valence-corrected chi connectivity index (χ1v) is 7.75. The number of aromatic nitrogens is 1. The van der Waals surface area contributed by atoms with E-state index in [1.807, 2.05) is 6.92 Å². The number of benzene rings is 1. The van der Waals surface area contributed by atoms with Crippen LogP contribution in [0.4, 0.5) is 35.0 Å². The quantitative estimate of drug-likeness (QED) is 0.648. The van der Waals surface area contributed by atoms with Crippen molar-refractivity contribution >= 4 is 28.8 Å². The van der Waals surface area contributed by atoms with Crippen LogP contribution in [0.2, 0.25) is 0 Å². The van der Waals surface area contributed by atoms with Crippen LogP contribution in [0.1, 0.15) is 11.1 Å². The molecule has 0 atom stereocenters. The summed E-state index contributed by atoms with van der Waals surface area (Å²) in [5, 5.41) is 7.21. The average Bonchev–Trinajstić information content (AvgIpc) is 2.95. The zero-order valence-electron chi connectivity index (χ0n) is 13.8. The summed E-state index contributed by atoms with van der Waals surface area (Å²) in [5.74, 6) is 0. The number of aryl methyl sites for hydroxylation is 1. The van der Waals surface area contributed by atoms with E-state index in [1.54, 1.807) is 23.4 Å². The third-order valence-corrected chi connectivity index (χ3v) is 4.21. The molecule has 0 aliphatic carbocycles. The van der Waals surface area contributed by atoms with E-state index in [2.05, 4.69) is 4.98 Å². The first-order chi connectivity index (χ1) is 12.2. The number of halogens is 3. The van der Waals surface area contributed by atoms with Gasteiger partial charge in [0.05, 0.1) is 11.9 Å². The largest absolute Gasteiger partial charge is 0.433 e. The molecule has 1 saturated heterocycles. The summed E-state index contributed by atoms with van der Waals surface area (Å²) < 4.78 is 38.1. The predicted molar refractivity (Wildman–Crippen MR) is 92.8 cm³/mol. The third-order valence-electron chi connectivity index (χ3n) is 4.21. The zero-order chi connectivity index (χ0) is 19.1. The van der Waals surface area contributed by atoms with Gasteiger partial charge in [-0.1, -0.05) is 0 Å². The van der Waals surface area contributed by atoms with Crippen LogP contribution < -0.4 is 15.5 Å². The lowest BCUT2D eigenvalue weighted by atomic mass is 10.1. The molecule has 0 saturated carbocycles. The third kappa shape index (κ3) is 3.07. The normalized spacial score (nSPS) is 14.8. The van der Waals surface area contributed by atoms with Crippen molar-refractivity contribution in [3.8, 4) is 0 Å². The number of hydrogen-bond donors (Lipinski definition) is 2. The van der Waals surface area contributed by atoms with Crippen molar-refractivity contribution < 1.29 is 18.0 Å². The topological polar surface area (TPSA) is 86.3 Å². The molecule has 136 valence electrons. The fourth-order valence-corrected chi connectivity index (χ4v) is 2.84. The highest BCUT2D eigenvalue weighted by Crippen LogP contribution is 2.31. The standard InChI is InChI=1S/C17H16F3N5O/c1-10-4-5-23-9-14(10)25-7-6-24(16(25)26)11-2-3-12(13(21)8-11)15(22)17(18,19)20/h2-5,8-9,22H,6-7,21H2,1H3. The highest BCUT2D eigenvalue weighted by Gasteiger charge is 2.37. The molecule has 1 aliphatic rings. The summed E-state index contributed by atoms with van der Waals surface area (Å²) in [6.45, 7) is 2.65. The molecule has 1 aliphatic heterocycles. The number of carbonyl (C=O) groups is 1. The van der Waals surface area contributed by atoms with E-state index >= 15 is 0 Å². The van der Waals surface area contributed by atoms with Gasteiger partial charge in [-0.05, 0) is 36.8 Å². The number of pyridine rings is 1. The van der Waals surface area contributed by atoms with Crippen LogP contribution in [0.3, 0.4) is 0 Å². The van der Waals surface area contributed by atoms with Gasteiger partial charge in [-0.15, -0.1) is 0 Å². The monoisotopic (exact) mass is 363 g/mol. The molecule has 9 heteroatoms. The number of rotatable bonds is 3. The molecule has 2 amide bonds. The van der Waals surface area contributed by atoms with Gasteiger partial charge in [0.1, 0.15) is 5.71 Å². The van der Waals surface area contributed by atoms with Crippen molar-refractivity contribution in [3.63, 3.8) is 0 Å². The number of alkyl halides is 3. The van der Waals surface area contributed by atoms with Crippen molar-refractivity contribution in [1.29, 1.82) is 5.41 Å². The SMILES string of the molecule is Cc1ccncc1N1CCN(c2ccc(C(=N)C(F)(F)F)c(N)c2)C1=O. The van der Waals surface area contributed by atoms with Gasteiger partial charge >= 0.3 is 12.2 Å². The van der Waals surface area contributed by atoms with E-state index in [9.17, 15) is 18.0 Å². The van der Waals surface area contributed by atoms with E-state index in [0.717, 1.165) is 11.6 Å². The van der Waals surface area contributed by atoms with Gasteiger partial charge < -0.3 is 5.73 Å². The second-order valence-corrected chi connectivity index (χ2v) is 5.89. The fraction of sp³-hybridized carbons (Fsp3) is 0.235. The molecule has 0 spiro atoms. The summed E-state index contributed by atoms with van der Waals surface area (Å²) >= 11 is 0. The van der Waals surface area contributed by atoms with Crippen molar-refractivity contribution in [2.24, 2.45) is 0 Å². The fourth-order valence-electron chi connectivity index (χ4n) is 2.84. The van der Waals surface area contributed by atoms with Crippen LogP contribution >= 0.6 is 0 Å². The molecule has 0 radical (unpaired) electrons. The minimum Gasteiger partial charge on any atom is -0.398 e. The Bertz CT molecular complexity index is 881. The summed E-state index contributed by atoms with van der Waals surface area (Å²) in [5.41, 5.74) is 5.54. The minimum absolute atomic E-state index is 0.200. The lowest BCUT2D eigenvalue weighted by molar-refractivity contribution is -0.0587. The second kappa shape index (κ2) is 6.32. The highest BCUT2D eigenvalue weighted by atomic mass is 19.4. The summed E-state index contributed by atoms with van der Waals surface area (Å²) in [6.07, 6.45) is -1.56. The Morgan fingerprint density at radius 1 is 1.23 bits per heavy atom. The Hall–Kier alpha value is -3.10. The molecule has 3 rings (SSSR count). The minimum atomic E-state index is -4.78. The van der Waals surface area contributed by atoms with E-state index < -0.39 is 17.5 Å². The molecule has 2 aromatic rings. The van der Waals surface area contributed by atoms with Gasteiger partial charge in [0.2, 0.25) is 0 Å². The van der Waals surface area contributed by atoms with Crippen molar-refractivity contribution in [2.75, 3.05) is 28.6 Å². The van der Waals surface area contributed by atoms with Crippen LogP contribution in [0.25, 0.3) is 0 Å². The van der Waals surface area contributed by atoms with E-state index in [1.165, 1.54) is 17.0 Å². The number of nitrogen functional groups attached to an aromatic ring is 1. The first-order valence-electron chi connectivity index (χ1n) is 7.75. The number of hydrogen-bond acceptors (Lipinski definition) is 4. The summed E-state index contributed by atoms with van der Waals surface area (Å²) in [7, 11) is 0. The highest BCUT2D eigenvalue weighted by molar-refractivity contribution is 6.09. The predicted octanol–water partition coefficient (Wildman–Crippen LogP) is 3.35. The van der Waals surface area contributed by atoms with Crippen LogP contribution in [0.15, 0.2) is 36.7 Å². The second-order valence-electron chi connectivity index (χ2n) is 5.89. The Labute approximate surface area is 147 Å². The van der Waals surface area contributed by atoms with Gasteiger partial charge in [-0.3, -0.25) is 20.2 Å². The molecule has 1 aromatic heterocycles. The molecule has 6 nitrogen and oxygen atoms in total. The van der Waals surface area contributed by atoms with Crippen molar-refractivity contribution in [3.05, 3.63) is 47.8 Å². The maximum Gasteiger partial charge on any atom is 0.433 e. The Balaban J connectivity index is 1.87. The molecule has 1 aromatic carbocycles. The average molecular weight is 363 g/mol. The number of anilines is 3. The number of nitrogens with one attached hydrogen (secondary N) is 1. The lowest BCUT2D eigenvalue weighted by Crippen LogP contribution is -2.32. The number of nitrogens with zero attached hydrogens (tertiary/aromatic N) is 3. The first kappa shape index (κ1) is 17.7. The van der Waals surface area contributed by atoms with Crippen molar-refractivity contribution in [2.45, 2.75) is 13.1 Å². The number of nitrogens with two attached hydrogens (primary N) is 1. The Kier molecular flexibility index (Phi) is 4.31. The zero-order valence-corrected chi connectivity index (χ0v) is 13.8.